The molecule has 106 valence electrons. The van der Waals surface area contributed by atoms with E-state index in [1.807, 2.05) is 12.1 Å². The highest BCUT2D eigenvalue weighted by molar-refractivity contribution is 5.31. The molecule has 1 unspecified atom stereocenters. The van der Waals surface area contributed by atoms with Gasteiger partial charge in [-0.3, -0.25) is 4.90 Å². The Bertz CT molecular complexity index is 409. The molecule has 0 bridgehead atoms. The lowest BCUT2D eigenvalue weighted by Crippen LogP contribution is -2.50. The van der Waals surface area contributed by atoms with E-state index in [1.54, 1.807) is 6.07 Å². The third kappa shape index (κ3) is 3.45. The number of benzene rings is 1. The van der Waals surface area contributed by atoms with Crippen LogP contribution in [-0.2, 0) is 6.54 Å². The normalized spacial score (nSPS) is 20.5. The summed E-state index contributed by atoms with van der Waals surface area (Å²) >= 11 is 0. The maximum atomic E-state index is 14.2. The van der Waals surface area contributed by atoms with E-state index in [2.05, 4.69) is 17.1 Å². The van der Waals surface area contributed by atoms with E-state index in [1.165, 1.54) is 7.11 Å². The van der Waals surface area contributed by atoms with Gasteiger partial charge in [0.1, 0.15) is 0 Å². The molecular weight excluding hydrogens is 243 g/mol. The van der Waals surface area contributed by atoms with Gasteiger partial charge in [0.25, 0.3) is 0 Å². The number of piperazine rings is 1. The largest absolute Gasteiger partial charge is 0.494 e. The van der Waals surface area contributed by atoms with Crippen LogP contribution in [0.4, 0.5) is 4.39 Å². The van der Waals surface area contributed by atoms with Gasteiger partial charge in [0.15, 0.2) is 11.6 Å². The SMILES string of the molecule is CCCC1CNCCN1Cc1cccc(OC)c1F. The second-order valence-electron chi connectivity index (χ2n) is 5.05. The minimum Gasteiger partial charge on any atom is -0.494 e. The lowest BCUT2D eigenvalue weighted by molar-refractivity contribution is 0.142. The maximum Gasteiger partial charge on any atom is 0.169 e. The number of hydrogen-bond acceptors (Lipinski definition) is 3. The van der Waals surface area contributed by atoms with E-state index in [-0.39, 0.29) is 5.82 Å². The lowest BCUT2D eigenvalue weighted by Gasteiger charge is -2.36. The van der Waals surface area contributed by atoms with Gasteiger partial charge in [0.05, 0.1) is 7.11 Å². The average Bonchev–Trinajstić information content (AvgIpc) is 2.43. The minimum atomic E-state index is -0.223. The van der Waals surface area contributed by atoms with Gasteiger partial charge >= 0.3 is 0 Å². The lowest BCUT2D eigenvalue weighted by atomic mass is 10.1. The topological polar surface area (TPSA) is 24.5 Å². The molecule has 0 aromatic heterocycles. The Labute approximate surface area is 114 Å². The van der Waals surface area contributed by atoms with Gasteiger partial charge in [-0.05, 0) is 12.5 Å². The molecule has 1 saturated heterocycles. The first-order valence-corrected chi connectivity index (χ1v) is 7.02. The molecule has 0 spiro atoms. The highest BCUT2D eigenvalue weighted by Gasteiger charge is 2.22. The third-order valence-corrected chi connectivity index (χ3v) is 3.73. The molecule has 0 amide bonds. The summed E-state index contributed by atoms with van der Waals surface area (Å²) in [6.45, 7) is 5.81. The van der Waals surface area contributed by atoms with E-state index < -0.39 is 0 Å². The molecule has 1 atom stereocenters. The summed E-state index contributed by atoms with van der Waals surface area (Å²) in [5, 5.41) is 3.41. The van der Waals surface area contributed by atoms with Crippen LogP contribution in [0.3, 0.4) is 0 Å². The Morgan fingerprint density at radius 1 is 1.47 bits per heavy atom. The molecule has 1 N–H and O–H groups in total. The van der Waals surface area contributed by atoms with Crippen LogP contribution in [0, 0.1) is 5.82 Å². The van der Waals surface area contributed by atoms with Gasteiger partial charge in [-0.2, -0.15) is 0 Å². The fourth-order valence-electron chi connectivity index (χ4n) is 2.68. The Morgan fingerprint density at radius 3 is 3.05 bits per heavy atom. The number of nitrogens with zero attached hydrogens (tertiary/aromatic N) is 1. The summed E-state index contributed by atoms with van der Waals surface area (Å²) in [5.74, 6) is 0.110. The molecule has 4 heteroatoms. The second-order valence-corrected chi connectivity index (χ2v) is 5.05. The van der Waals surface area contributed by atoms with Gasteiger partial charge < -0.3 is 10.1 Å². The third-order valence-electron chi connectivity index (χ3n) is 3.73. The molecule has 1 aromatic rings. The van der Waals surface area contributed by atoms with Crippen LogP contribution in [0.25, 0.3) is 0 Å². The van der Waals surface area contributed by atoms with Crippen molar-refractivity contribution in [3.8, 4) is 5.75 Å². The first-order valence-electron chi connectivity index (χ1n) is 7.02. The van der Waals surface area contributed by atoms with E-state index in [0.717, 1.165) is 38.0 Å². The van der Waals surface area contributed by atoms with Crippen molar-refractivity contribution in [2.75, 3.05) is 26.7 Å². The highest BCUT2D eigenvalue weighted by Crippen LogP contribution is 2.22. The van der Waals surface area contributed by atoms with Crippen LogP contribution in [0.15, 0.2) is 18.2 Å². The van der Waals surface area contributed by atoms with E-state index in [9.17, 15) is 4.39 Å². The molecule has 0 radical (unpaired) electrons. The highest BCUT2D eigenvalue weighted by atomic mass is 19.1. The number of ether oxygens (including phenoxy) is 1. The van der Waals surface area contributed by atoms with Crippen molar-refractivity contribution in [2.45, 2.75) is 32.4 Å². The summed E-state index contributed by atoms with van der Waals surface area (Å²) in [6.07, 6.45) is 2.31. The summed E-state index contributed by atoms with van der Waals surface area (Å²) in [5.41, 5.74) is 0.724. The van der Waals surface area contributed by atoms with Crippen molar-refractivity contribution in [1.29, 1.82) is 0 Å². The first kappa shape index (κ1) is 14.3. The van der Waals surface area contributed by atoms with Gasteiger partial charge in [-0.1, -0.05) is 25.5 Å². The molecule has 1 aliphatic rings. The number of hydrogen-bond donors (Lipinski definition) is 1. The Morgan fingerprint density at radius 2 is 2.32 bits per heavy atom. The smallest absolute Gasteiger partial charge is 0.169 e. The monoisotopic (exact) mass is 266 g/mol. The predicted molar refractivity (Wildman–Crippen MR) is 74.9 cm³/mol. The zero-order chi connectivity index (χ0) is 13.7. The zero-order valence-electron chi connectivity index (χ0n) is 11.8. The van der Waals surface area contributed by atoms with Crippen molar-refractivity contribution in [1.82, 2.24) is 10.2 Å². The minimum absolute atomic E-state index is 0.223. The molecule has 2 rings (SSSR count). The van der Waals surface area contributed by atoms with Crippen LogP contribution in [0.5, 0.6) is 5.75 Å². The average molecular weight is 266 g/mol. The Hall–Kier alpha value is -1.13. The second kappa shape index (κ2) is 6.87. The number of rotatable bonds is 5. The number of methoxy groups -OCH3 is 1. The van der Waals surface area contributed by atoms with Crippen LogP contribution in [0.2, 0.25) is 0 Å². The predicted octanol–water partition coefficient (Wildman–Crippen LogP) is 2.41. The molecule has 3 nitrogen and oxygen atoms in total. The molecule has 1 heterocycles. The quantitative estimate of drug-likeness (QED) is 0.885. The van der Waals surface area contributed by atoms with Crippen molar-refractivity contribution in [3.05, 3.63) is 29.6 Å². The molecule has 0 saturated carbocycles. The van der Waals surface area contributed by atoms with Crippen LogP contribution in [-0.4, -0.2) is 37.7 Å². The molecular formula is C15H23FN2O. The molecule has 1 aromatic carbocycles. The van der Waals surface area contributed by atoms with Crippen molar-refractivity contribution >= 4 is 0 Å². The van der Waals surface area contributed by atoms with Crippen LogP contribution >= 0.6 is 0 Å². The summed E-state index contributed by atoms with van der Waals surface area (Å²) in [6, 6.07) is 5.88. The maximum absolute atomic E-state index is 14.2. The molecule has 1 aliphatic heterocycles. The van der Waals surface area contributed by atoms with E-state index in [0.29, 0.717) is 18.3 Å². The van der Waals surface area contributed by atoms with E-state index >= 15 is 0 Å². The van der Waals surface area contributed by atoms with Crippen molar-refractivity contribution in [2.24, 2.45) is 0 Å². The van der Waals surface area contributed by atoms with E-state index in [4.69, 9.17) is 4.74 Å². The fourth-order valence-corrected chi connectivity index (χ4v) is 2.68. The van der Waals surface area contributed by atoms with Crippen LogP contribution in [0.1, 0.15) is 25.3 Å². The van der Waals surface area contributed by atoms with Gasteiger partial charge in [0.2, 0.25) is 0 Å². The molecule has 19 heavy (non-hydrogen) atoms. The Kier molecular flexibility index (Phi) is 5.16. The summed E-state index contributed by atoms with van der Waals surface area (Å²) in [4.78, 5) is 2.37. The summed E-state index contributed by atoms with van der Waals surface area (Å²) in [7, 11) is 1.51. The van der Waals surface area contributed by atoms with Crippen molar-refractivity contribution < 1.29 is 9.13 Å². The number of halogens is 1. The van der Waals surface area contributed by atoms with Crippen molar-refractivity contribution in [3.63, 3.8) is 0 Å². The van der Waals surface area contributed by atoms with Gasteiger partial charge in [0, 0.05) is 37.8 Å². The zero-order valence-corrected chi connectivity index (χ0v) is 11.8. The Balaban J connectivity index is 2.10. The molecule has 0 aliphatic carbocycles. The van der Waals surface area contributed by atoms with Crippen LogP contribution < -0.4 is 10.1 Å². The molecule has 1 fully saturated rings. The fraction of sp³-hybridized carbons (Fsp3) is 0.600. The standard InChI is InChI=1S/C15H23FN2O/c1-3-5-13-10-17-8-9-18(13)11-12-6-4-7-14(19-2)15(12)16/h4,6-7,13,17H,3,5,8-11H2,1-2H3. The van der Waals surface area contributed by atoms with Gasteiger partial charge in [-0.25, -0.2) is 4.39 Å². The number of nitrogens with one attached hydrogen (secondary N) is 1. The first-order chi connectivity index (χ1) is 9.26. The summed E-state index contributed by atoms with van der Waals surface area (Å²) < 4.78 is 19.2. The van der Waals surface area contributed by atoms with Gasteiger partial charge in [-0.15, -0.1) is 0 Å².